The molecule has 124 valence electrons. The highest BCUT2D eigenvalue weighted by Crippen LogP contribution is 2.12. The number of hydrogen-bond acceptors (Lipinski definition) is 3. The number of urea groups is 1. The van der Waals surface area contributed by atoms with Gasteiger partial charge in [-0.15, -0.1) is 0 Å². The Balaban J connectivity index is 1.46. The number of nitrogens with one attached hydrogen (secondary N) is 3. The Kier molecular flexibility index (Phi) is 4.96. The van der Waals surface area contributed by atoms with Gasteiger partial charge in [-0.25, -0.2) is 4.79 Å². The Labute approximate surface area is 140 Å². The first-order chi connectivity index (χ1) is 11.7. The van der Waals surface area contributed by atoms with Gasteiger partial charge in [0.15, 0.2) is 0 Å². The van der Waals surface area contributed by atoms with E-state index in [1.54, 1.807) is 0 Å². The molecule has 1 unspecified atom stereocenters. The van der Waals surface area contributed by atoms with Crippen LogP contribution in [0.2, 0.25) is 0 Å². The van der Waals surface area contributed by atoms with E-state index < -0.39 is 6.04 Å². The molecule has 0 spiro atoms. The molecule has 6 heteroatoms. The van der Waals surface area contributed by atoms with Crippen molar-refractivity contribution in [3.8, 4) is 5.75 Å². The number of amides is 3. The molecule has 1 saturated heterocycles. The van der Waals surface area contributed by atoms with Crippen LogP contribution in [-0.4, -0.2) is 24.5 Å². The molecule has 3 N–H and O–H groups in total. The summed E-state index contributed by atoms with van der Waals surface area (Å²) in [6.07, 6.45) is 0. The minimum atomic E-state index is -0.504. The highest BCUT2D eigenvalue weighted by atomic mass is 16.5. The third kappa shape index (κ3) is 4.25. The average Bonchev–Trinajstić information content (AvgIpc) is 3.06. The standard InChI is InChI=1S/C18H19N3O3/c22-17(16-11-20-18(23)21-16)19-10-13-6-8-14(9-7-13)12-24-15-4-2-1-3-5-15/h1-9,16H,10-12H2,(H,19,22)(H2,20,21,23). The van der Waals surface area contributed by atoms with Gasteiger partial charge in [0.25, 0.3) is 0 Å². The molecule has 3 amide bonds. The lowest BCUT2D eigenvalue weighted by Crippen LogP contribution is -2.42. The van der Waals surface area contributed by atoms with Crippen LogP contribution in [-0.2, 0) is 17.9 Å². The smallest absolute Gasteiger partial charge is 0.315 e. The average molecular weight is 325 g/mol. The Hall–Kier alpha value is -3.02. The van der Waals surface area contributed by atoms with E-state index in [4.69, 9.17) is 4.74 Å². The molecule has 2 aromatic rings. The largest absolute Gasteiger partial charge is 0.489 e. The molecule has 6 nitrogen and oxygen atoms in total. The van der Waals surface area contributed by atoms with E-state index >= 15 is 0 Å². The quantitative estimate of drug-likeness (QED) is 0.754. The van der Waals surface area contributed by atoms with Crippen LogP contribution in [0.3, 0.4) is 0 Å². The van der Waals surface area contributed by atoms with Gasteiger partial charge in [-0.05, 0) is 23.3 Å². The number of carbonyl (C=O) groups is 2. The van der Waals surface area contributed by atoms with E-state index in [0.29, 0.717) is 19.7 Å². The molecular formula is C18H19N3O3. The lowest BCUT2D eigenvalue weighted by Gasteiger charge is -2.10. The number of hydrogen-bond donors (Lipinski definition) is 3. The van der Waals surface area contributed by atoms with Gasteiger partial charge in [-0.3, -0.25) is 4.79 Å². The van der Waals surface area contributed by atoms with Crippen molar-refractivity contribution in [2.24, 2.45) is 0 Å². The van der Waals surface area contributed by atoms with Crippen molar-refractivity contribution in [2.75, 3.05) is 6.54 Å². The minimum Gasteiger partial charge on any atom is -0.489 e. The van der Waals surface area contributed by atoms with Crippen molar-refractivity contribution in [3.05, 3.63) is 65.7 Å². The predicted molar refractivity (Wildman–Crippen MR) is 89.4 cm³/mol. The Morgan fingerprint density at radius 3 is 2.46 bits per heavy atom. The summed E-state index contributed by atoms with van der Waals surface area (Å²) in [5.41, 5.74) is 2.05. The van der Waals surface area contributed by atoms with E-state index in [1.165, 1.54) is 0 Å². The number of benzene rings is 2. The molecule has 1 aliphatic heterocycles. The molecular weight excluding hydrogens is 306 g/mol. The van der Waals surface area contributed by atoms with Crippen LogP contribution in [0.1, 0.15) is 11.1 Å². The normalized spacial score (nSPS) is 16.2. The molecule has 24 heavy (non-hydrogen) atoms. The number of carbonyl (C=O) groups excluding carboxylic acids is 2. The van der Waals surface area contributed by atoms with Crippen LogP contribution in [0.15, 0.2) is 54.6 Å². The van der Waals surface area contributed by atoms with Crippen LogP contribution in [0.5, 0.6) is 5.75 Å². The fourth-order valence-electron chi connectivity index (χ4n) is 2.36. The zero-order valence-corrected chi connectivity index (χ0v) is 13.1. The molecule has 1 heterocycles. The van der Waals surface area contributed by atoms with Crippen LogP contribution >= 0.6 is 0 Å². The van der Waals surface area contributed by atoms with Gasteiger partial charge < -0.3 is 20.7 Å². The summed E-state index contributed by atoms with van der Waals surface area (Å²) in [4.78, 5) is 22.9. The third-order valence-electron chi connectivity index (χ3n) is 3.73. The first-order valence-corrected chi connectivity index (χ1v) is 7.78. The lowest BCUT2D eigenvalue weighted by molar-refractivity contribution is -0.122. The Morgan fingerprint density at radius 2 is 1.79 bits per heavy atom. The predicted octanol–water partition coefficient (Wildman–Crippen LogP) is 1.56. The first-order valence-electron chi connectivity index (χ1n) is 7.78. The third-order valence-corrected chi connectivity index (χ3v) is 3.73. The second-order valence-corrected chi connectivity index (χ2v) is 5.54. The molecule has 1 atom stereocenters. The SMILES string of the molecule is O=C1NCC(C(=O)NCc2ccc(COc3ccccc3)cc2)N1. The number of ether oxygens (including phenoxy) is 1. The number of para-hydroxylation sites is 1. The Morgan fingerprint density at radius 1 is 1.08 bits per heavy atom. The fraction of sp³-hybridized carbons (Fsp3) is 0.222. The van der Waals surface area contributed by atoms with E-state index in [9.17, 15) is 9.59 Å². The Bertz CT molecular complexity index is 701. The van der Waals surface area contributed by atoms with Crippen molar-refractivity contribution in [1.29, 1.82) is 0 Å². The topological polar surface area (TPSA) is 79.5 Å². The van der Waals surface area contributed by atoms with Crippen molar-refractivity contribution >= 4 is 11.9 Å². The maximum atomic E-state index is 11.9. The van der Waals surface area contributed by atoms with E-state index in [0.717, 1.165) is 16.9 Å². The van der Waals surface area contributed by atoms with Gasteiger partial charge in [0.05, 0.1) is 0 Å². The van der Waals surface area contributed by atoms with Gasteiger partial charge in [0, 0.05) is 13.1 Å². The molecule has 3 rings (SSSR count). The van der Waals surface area contributed by atoms with Gasteiger partial charge in [-0.1, -0.05) is 42.5 Å². The molecule has 0 aromatic heterocycles. The van der Waals surface area contributed by atoms with Crippen LogP contribution in [0.25, 0.3) is 0 Å². The molecule has 1 fully saturated rings. The summed E-state index contributed by atoms with van der Waals surface area (Å²) in [6.45, 7) is 1.24. The fourth-order valence-corrected chi connectivity index (χ4v) is 2.36. The molecule has 0 saturated carbocycles. The van der Waals surface area contributed by atoms with Crippen LogP contribution < -0.4 is 20.7 Å². The first kappa shape index (κ1) is 15.9. The van der Waals surface area contributed by atoms with Crippen molar-refractivity contribution in [1.82, 2.24) is 16.0 Å². The highest BCUT2D eigenvalue weighted by molar-refractivity contribution is 5.90. The summed E-state index contributed by atoms with van der Waals surface area (Å²) in [6, 6.07) is 16.7. The van der Waals surface area contributed by atoms with Gasteiger partial charge in [-0.2, -0.15) is 0 Å². The van der Waals surface area contributed by atoms with E-state index in [2.05, 4.69) is 16.0 Å². The minimum absolute atomic E-state index is 0.190. The van der Waals surface area contributed by atoms with Crippen LogP contribution in [0.4, 0.5) is 4.79 Å². The van der Waals surface area contributed by atoms with Crippen molar-refractivity contribution < 1.29 is 14.3 Å². The lowest BCUT2D eigenvalue weighted by atomic mass is 10.1. The highest BCUT2D eigenvalue weighted by Gasteiger charge is 2.26. The molecule has 0 aliphatic carbocycles. The molecule has 0 bridgehead atoms. The maximum absolute atomic E-state index is 11.9. The monoisotopic (exact) mass is 325 g/mol. The van der Waals surface area contributed by atoms with Gasteiger partial charge >= 0.3 is 6.03 Å². The van der Waals surface area contributed by atoms with E-state index in [-0.39, 0.29) is 11.9 Å². The van der Waals surface area contributed by atoms with Crippen molar-refractivity contribution in [3.63, 3.8) is 0 Å². The van der Waals surface area contributed by atoms with E-state index in [1.807, 2.05) is 54.6 Å². The van der Waals surface area contributed by atoms with Gasteiger partial charge in [0.1, 0.15) is 18.4 Å². The summed E-state index contributed by atoms with van der Waals surface area (Å²) in [5.74, 6) is 0.644. The summed E-state index contributed by atoms with van der Waals surface area (Å²) < 4.78 is 5.69. The van der Waals surface area contributed by atoms with Crippen molar-refractivity contribution in [2.45, 2.75) is 19.2 Å². The second kappa shape index (κ2) is 7.50. The second-order valence-electron chi connectivity index (χ2n) is 5.54. The maximum Gasteiger partial charge on any atom is 0.315 e. The summed E-state index contributed by atoms with van der Waals surface area (Å²) in [5, 5.41) is 7.93. The zero-order valence-electron chi connectivity index (χ0n) is 13.1. The zero-order chi connectivity index (χ0) is 16.8. The number of rotatable bonds is 6. The molecule has 2 aromatic carbocycles. The van der Waals surface area contributed by atoms with Crippen LogP contribution in [0, 0.1) is 0 Å². The van der Waals surface area contributed by atoms with Gasteiger partial charge in [0.2, 0.25) is 5.91 Å². The molecule has 0 radical (unpaired) electrons. The summed E-state index contributed by atoms with van der Waals surface area (Å²) >= 11 is 0. The molecule has 1 aliphatic rings. The summed E-state index contributed by atoms with van der Waals surface area (Å²) in [7, 11) is 0.